The van der Waals surface area contributed by atoms with E-state index in [0.29, 0.717) is 17.5 Å². The highest BCUT2D eigenvalue weighted by Crippen LogP contribution is 2.56. The van der Waals surface area contributed by atoms with E-state index < -0.39 is 0 Å². The van der Waals surface area contributed by atoms with E-state index in [1.54, 1.807) is 0 Å². The van der Waals surface area contributed by atoms with Crippen molar-refractivity contribution in [2.45, 2.75) is 37.5 Å². The molecule has 7 aromatic carbocycles. The zero-order valence-electron chi connectivity index (χ0n) is 30.1. The predicted octanol–water partition coefficient (Wildman–Crippen LogP) is 13.1. The van der Waals surface area contributed by atoms with Gasteiger partial charge in [0.1, 0.15) is 0 Å². The van der Waals surface area contributed by atoms with Crippen LogP contribution in [-0.2, 0) is 5.41 Å². The van der Waals surface area contributed by atoms with Crippen molar-refractivity contribution in [1.82, 2.24) is 15.0 Å². The minimum atomic E-state index is 0.132. The van der Waals surface area contributed by atoms with Crippen molar-refractivity contribution in [2.75, 3.05) is 0 Å². The van der Waals surface area contributed by atoms with Gasteiger partial charge in [-0.2, -0.15) is 0 Å². The van der Waals surface area contributed by atoms with E-state index in [0.717, 1.165) is 38.9 Å². The summed E-state index contributed by atoms with van der Waals surface area (Å²) in [6.07, 6.45) is 6.36. The summed E-state index contributed by atoms with van der Waals surface area (Å²) in [4.78, 5) is 15.3. The number of rotatable bonds is 6. The van der Waals surface area contributed by atoms with Crippen molar-refractivity contribution in [3.8, 4) is 78.7 Å². The molecule has 0 atom stereocenters. The minimum Gasteiger partial charge on any atom is -0.208 e. The van der Waals surface area contributed by atoms with Crippen LogP contribution in [0.25, 0.3) is 78.7 Å². The number of hydrogen-bond acceptors (Lipinski definition) is 3. The maximum Gasteiger partial charge on any atom is 0.164 e. The second kappa shape index (κ2) is 13.5. The number of hydrogen-bond donors (Lipinski definition) is 0. The number of aromatic nitrogens is 3. The van der Waals surface area contributed by atoms with Gasteiger partial charge in [-0.3, -0.25) is 0 Å². The van der Waals surface area contributed by atoms with Crippen molar-refractivity contribution < 1.29 is 0 Å². The molecule has 1 aromatic heterocycles. The molecule has 258 valence electrons. The number of fused-ring (bicyclic) bond motifs is 5. The molecule has 2 aliphatic rings. The molecule has 0 aliphatic heterocycles. The second-order valence-corrected chi connectivity index (χ2v) is 14.7. The largest absolute Gasteiger partial charge is 0.208 e. The fraction of sp³-hybridized carbons (Fsp3) is 0.118. The van der Waals surface area contributed by atoms with Crippen molar-refractivity contribution in [1.29, 1.82) is 0 Å². The Hall–Kier alpha value is -6.45. The highest BCUT2D eigenvalue weighted by atomic mass is 15.0. The van der Waals surface area contributed by atoms with Crippen molar-refractivity contribution in [2.24, 2.45) is 0 Å². The van der Waals surface area contributed by atoms with Crippen molar-refractivity contribution in [3.63, 3.8) is 0 Å². The van der Waals surface area contributed by atoms with Crippen LogP contribution >= 0.6 is 0 Å². The normalized spacial score (nSPS) is 14.1. The molecule has 1 saturated carbocycles. The van der Waals surface area contributed by atoms with E-state index in [2.05, 4.69) is 164 Å². The molecule has 54 heavy (non-hydrogen) atoms. The molecule has 1 fully saturated rings. The Bertz CT molecular complexity index is 2520. The summed E-state index contributed by atoms with van der Waals surface area (Å²) in [6.45, 7) is 0. The lowest BCUT2D eigenvalue weighted by atomic mass is 9.67. The van der Waals surface area contributed by atoms with Gasteiger partial charge >= 0.3 is 0 Å². The lowest BCUT2D eigenvalue weighted by Gasteiger charge is -2.36. The third kappa shape index (κ3) is 5.74. The predicted molar refractivity (Wildman–Crippen MR) is 222 cm³/mol. The average Bonchev–Trinajstić information content (AvgIpc) is 3.52. The standard InChI is InChI=1S/C51H39N3/c1-4-14-35(15-5-1)39-18-12-20-42(32-39)49-52-48(53-50(54-49)43-21-13-19-40(33-43)36-16-6-2-7-17-36)38-26-24-37(25-27-38)41-28-29-45-44-22-8-9-23-46(44)51(47(45)34-41)30-10-3-11-31-51/h1-2,4-9,12-29,32-34H,3,10-11,30-31H2. The zero-order valence-corrected chi connectivity index (χ0v) is 30.1. The first kappa shape index (κ1) is 32.2. The molecule has 0 bridgehead atoms. The molecule has 8 aromatic rings. The highest BCUT2D eigenvalue weighted by molar-refractivity contribution is 5.84. The van der Waals surface area contributed by atoms with E-state index in [9.17, 15) is 0 Å². The molecule has 10 rings (SSSR count). The lowest BCUT2D eigenvalue weighted by molar-refractivity contribution is 0.353. The van der Waals surface area contributed by atoms with Crippen LogP contribution in [0.2, 0.25) is 0 Å². The number of nitrogens with zero attached hydrogens (tertiary/aromatic N) is 3. The Kier molecular flexibility index (Phi) is 8.06. The van der Waals surface area contributed by atoms with Crippen LogP contribution in [-0.4, -0.2) is 15.0 Å². The third-order valence-electron chi connectivity index (χ3n) is 11.5. The summed E-state index contributed by atoms with van der Waals surface area (Å²) in [7, 11) is 0. The van der Waals surface area contributed by atoms with E-state index >= 15 is 0 Å². The van der Waals surface area contributed by atoms with Crippen molar-refractivity contribution >= 4 is 0 Å². The van der Waals surface area contributed by atoms with Gasteiger partial charge in [0.05, 0.1) is 0 Å². The van der Waals surface area contributed by atoms with Gasteiger partial charge in [-0.1, -0.05) is 177 Å². The Morgan fingerprint density at radius 1 is 0.296 bits per heavy atom. The Morgan fingerprint density at radius 3 is 1.33 bits per heavy atom. The topological polar surface area (TPSA) is 38.7 Å². The first-order chi connectivity index (χ1) is 26.7. The molecule has 1 heterocycles. The van der Waals surface area contributed by atoms with E-state index in [4.69, 9.17) is 15.0 Å². The second-order valence-electron chi connectivity index (χ2n) is 14.7. The van der Waals surface area contributed by atoms with E-state index in [1.165, 1.54) is 65.5 Å². The SMILES string of the molecule is c1ccc(-c2cccc(-c3nc(-c4ccc(-c5ccc6c(c5)C5(CCCCC5)c5ccccc5-6)cc4)nc(-c4cccc(-c5ccccc5)c4)n3)c2)cc1. The van der Waals surface area contributed by atoms with Gasteiger partial charge in [0.15, 0.2) is 17.5 Å². The van der Waals surface area contributed by atoms with Gasteiger partial charge in [-0.25, -0.2) is 15.0 Å². The molecular formula is C51H39N3. The quantitative estimate of drug-likeness (QED) is 0.174. The minimum absolute atomic E-state index is 0.132. The molecule has 3 heteroatoms. The first-order valence-corrected chi connectivity index (χ1v) is 19.1. The van der Waals surface area contributed by atoms with Crippen LogP contribution in [0.5, 0.6) is 0 Å². The fourth-order valence-electron chi connectivity index (χ4n) is 8.84. The maximum absolute atomic E-state index is 5.12. The summed E-state index contributed by atoms with van der Waals surface area (Å²) in [6, 6.07) is 62.9. The van der Waals surface area contributed by atoms with Gasteiger partial charge in [-0.15, -0.1) is 0 Å². The van der Waals surface area contributed by atoms with E-state index in [-0.39, 0.29) is 5.41 Å². The molecule has 0 saturated heterocycles. The average molecular weight is 694 g/mol. The lowest BCUT2D eigenvalue weighted by Crippen LogP contribution is -2.28. The Balaban J connectivity index is 1.05. The maximum atomic E-state index is 5.12. The Labute approximate surface area is 317 Å². The summed E-state index contributed by atoms with van der Waals surface area (Å²) < 4.78 is 0. The Morgan fingerprint density at radius 2 is 0.722 bits per heavy atom. The molecule has 0 N–H and O–H groups in total. The number of benzene rings is 7. The summed E-state index contributed by atoms with van der Waals surface area (Å²) >= 11 is 0. The van der Waals surface area contributed by atoms with Gasteiger partial charge in [0.25, 0.3) is 0 Å². The first-order valence-electron chi connectivity index (χ1n) is 19.1. The fourth-order valence-corrected chi connectivity index (χ4v) is 8.84. The highest BCUT2D eigenvalue weighted by Gasteiger charge is 2.43. The van der Waals surface area contributed by atoms with Gasteiger partial charge < -0.3 is 0 Å². The smallest absolute Gasteiger partial charge is 0.164 e. The zero-order chi connectivity index (χ0) is 35.9. The van der Waals surface area contributed by atoms with Crippen LogP contribution < -0.4 is 0 Å². The molecule has 0 unspecified atom stereocenters. The molecule has 2 aliphatic carbocycles. The van der Waals surface area contributed by atoms with Crippen LogP contribution in [0.15, 0.2) is 176 Å². The van der Waals surface area contributed by atoms with Gasteiger partial charge in [-0.05, 0) is 86.7 Å². The molecule has 3 nitrogen and oxygen atoms in total. The molecule has 1 spiro atoms. The molecule has 0 radical (unpaired) electrons. The monoisotopic (exact) mass is 693 g/mol. The van der Waals surface area contributed by atoms with Crippen molar-refractivity contribution in [3.05, 3.63) is 187 Å². The van der Waals surface area contributed by atoms with Crippen LogP contribution in [0.3, 0.4) is 0 Å². The van der Waals surface area contributed by atoms with Crippen LogP contribution in [0.4, 0.5) is 0 Å². The summed E-state index contributed by atoms with van der Waals surface area (Å²) in [5.74, 6) is 1.96. The van der Waals surface area contributed by atoms with Crippen LogP contribution in [0, 0.1) is 0 Å². The van der Waals surface area contributed by atoms with E-state index in [1.807, 2.05) is 12.1 Å². The summed E-state index contributed by atoms with van der Waals surface area (Å²) in [5, 5.41) is 0. The van der Waals surface area contributed by atoms with Crippen LogP contribution in [0.1, 0.15) is 43.2 Å². The molecular weight excluding hydrogens is 655 g/mol. The van der Waals surface area contributed by atoms with Gasteiger partial charge in [0, 0.05) is 22.1 Å². The van der Waals surface area contributed by atoms with Gasteiger partial charge in [0.2, 0.25) is 0 Å². The third-order valence-corrected chi connectivity index (χ3v) is 11.5. The summed E-state index contributed by atoms with van der Waals surface area (Å²) in [5.41, 5.74) is 15.9. The molecule has 0 amide bonds.